The van der Waals surface area contributed by atoms with Crippen LogP contribution in [0.25, 0.3) is 76.5 Å². The lowest BCUT2D eigenvalue weighted by molar-refractivity contribution is 0.669. The first kappa shape index (κ1) is 30.7. The fourth-order valence-electron chi connectivity index (χ4n) is 7.60. The summed E-state index contributed by atoms with van der Waals surface area (Å²) >= 11 is 0. The average Bonchev–Trinajstić information content (AvgIpc) is 3.80. The zero-order valence-corrected chi connectivity index (χ0v) is 28.7. The van der Waals surface area contributed by atoms with Crippen LogP contribution in [-0.4, -0.2) is 18.4 Å². The van der Waals surface area contributed by atoms with Crippen molar-refractivity contribution in [2.75, 3.05) is 0 Å². The molecule has 0 N–H and O–H groups in total. The number of rotatable bonds is 5. The normalized spacial score (nSPS) is 12.5. The van der Waals surface area contributed by atoms with Crippen LogP contribution in [0.4, 0.5) is 0 Å². The molecule has 5 heteroatoms. The Hall–Kier alpha value is -7.11. The van der Waals surface area contributed by atoms with Crippen molar-refractivity contribution in [2.24, 2.45) is 15.0 Å². The van der Waals surface area contributed by atoms with Gasteiger partial charge in [-0.15, -0.1) is 0 Å². The molecule has 250 valence electrons. The lowest BCUT2D eigenvalue weighted by Gasteiger charge is -2.13. The highest BCUT2D eigenvalue weighted by Gasteiger charge is 2.23. The minimum Gasteiger partial charge on any atom is -0.456 e. The summed E-state index contributed by atoms with van der Waals surface area (Å²) in [5, 5.41) is 8.55. The first-order chi connectivity index (χ1) is 26.2. The van der Waals surface area contributed by atoms with Crippen molar-refractivity contribution >= 4 is 83.8 Å². The quantitative estimate of drug-likeness (QED) is 0.134. The third-order valence-electron chi connectivity index (χ3n) is 10.1. The maximum absolute atomic E-state index is 6.62. The summed E-state index contributed by atoms with van der Waals surface area (Å²) in [5.74, 6) is 1.02. The van der Waals surface area contributed by atoms with Crippen LogP contribution < -0.4 is 0 Å². The monoisotopic (exact) mass is 681 g/mol. The Morgan fingerprint density at radius 1 is 0.491 bits per heavy atom. The van der Waals surface area contributed by atoms with E-state index in [4.69, 9.17) is 18.8 Å². The van der Waals surface area contributed by atoms with Crippen molar-refractivity contribution in [1.82, 2.24) is 0 Å². The molecule has 0 aliphatic heterocycles. The second kappa shape index (κ2) is 12.6. The van der Waals surface area contributed by atoms with Crippen LogP contribution in [0.3, 0.4) is 0 Å². The molecule has 0 bridgehead atoms. The molecule has 0 saturated carbocycles. The topological polar surface area (TPSA) is 63.4 Å². The van der Waals surface area contributed by atoms with Crippen LogP contribution >= 0.6 is 0 Å². The predicted molar refractivity (Wildman–Crippen MR) is 221 cm³/mol. The van der Waals surface area contributed by atoms with Gasteiger partial charge in [0.25, 0.3) is 0 Å². The SMILES string of the molecule is C=NC(=NC(=NCc1ccc2ccccc2c1)c1ccccc1)c1c(-c2cccc3oc4c5ccccc5ccc4c23)ccc2oc3ccccc3c12. The van der Waals surface area contributed by atoms with E-state index in [1.54, 1.807) is 0 Å². The number of benzene rings is 8. The molecule has 0 saturated heterocycles. The summed E-state index contributed by atoms with van der Waals surface area (Å²) in [5.41, 5.74) is 7.95. The highest BCUT2D eigenvalue weighted by molar-refractivity contribution is 6.27. The number of furan rings is 2. The molecule has 0 fully saturated rings. The van der Waals surface area contributed by atoms with Gasteiger partial charge in [0.15, 0.2) is 11.7 Å². The van der Waals surface area contributed by atoms with Crippen LogP contribution in [0.15, 0.2) is 188 Å². The zero-order chi connectivity index (χ0) is 35.3. The van der Waals surface area contributed by atoms with E-state index in [1.807, 2.05) is 66.7 Å². The van der Waals surface area contributed by atoms with Crippen LogP contribution in [0.5, 0.6) is 0 Å². The van der Waals surface area contributed by atoms with Gasteiger partial charge in [0.2, 0.25) is 0 Å². The maximum atomic E-state index is 6.62. The summed E-state index contributed by atoms with van der Waals surface area (Å²) in [6.45, 7) is 4.54. The molecule has 10 aromatic rings. The van der Waals surface area contributed by atoms with E-state index in [-0.39, 0.29) is 0 Å². The lowest BCUT2D eigenvalue weighted by Crippen LogP contribution is -2.07. The van der Waals surface area contributed by atoms with E-state index in [1.165, 1.54) is 10.8 Å². The molecule has 0 amide bonds. The van der Waals surface area contributed by atoms with E-state index in [0.717, 1.165) is 82.5 Å². The number of para-hydroxylation sites is 1. The first-order valence-electron chi connectivity index (χ1n) is 17.6. The molecule has 0 aliphatic carbocycles. The largest absolute Gasteiger partial charge is 0.456 e. The van der Waals surface area contributed by atoms with Crippen LogP contribution in [0, 0.1) is 0 Å². The number of hydrogen-bond acceptors (Lipinski definition) is 3. The summed E-state index contributed by atoms with van der Waals surface area (Å²) in [6.07, 6.45) is 0. The van der Waals surface area contributed by atoms with Gasteiger partial charge in [0.05, 0.1) is 6.54 Å². The Labute approximate surface area is 304 Å². The van der Waals surface area contributed by atoms with Gasteiger partial charge in [-0.25, -0.2) is 9.98 Å². The van der Waals surface area contributed by atoms with Gasteiger partial charge in [-0.3, -0.25) is 4.99 Å². The van der Waals surface area contributed by atoms with Gasteiger partial charge in [-0.05, 0) is 76.0 Å². The molecular formula is C48H31N3O2. The first-order valence-corrected chi connectivity index (χ1v) is 17.6. The molecule has 2 heterocycles. The summed E-state index contributed by atoms with van der Waals surface area (Å²) in [6, 6.07) is 56.0. The molecule has 10 rings (SSSR count). The fourth-order valence-corrected chi connectivity index (χ4v) is 7.60. The van der Waals surface area contributed by atoms with E-state index in [9.17, 15) is 0 Å². The highest BCUT2D eigenvalue weighted by atomic mass is 16.3. The van der Waals surface area contributed by atoms with Crippen LogP contribution in [-0.2, 0) is 6.54 Å². The fraction of sp³-hybridized carbons (Fsp3) is 0.0208. The second-order valence-electron chi connectivity index (χ2n) is 13.2. The molecule has 0 aliphatic rings. The lowest BCUT2D eigenvalue weighted by atomic mass is 9.91. The molecule has 5 nitrogen and oxygen atoms in total. The van der Waals surface area contributed by atoms with E-state index < -0.39 is 0 Å². The molecule has 2 aromatic heterocycles. The number of amidine groups is 2. The molecule has 0 radical (unpaired) electrons. The average molecular weight is 682 g/mol. The van der Waals surface area contributed by atoms with Gasteiger partial charge in [0, 0.05) is 38.1 Å². The Balaban J connectivity index is 1.23. The van der Waals surface area contributed by atoms with Crippen molar-refractivity contribution < 1.29 is 8.83 Å². The Bertz CT molecular complexity index is 3110. The molecule has 8 aromatic carbocycles. The van der Waals surface area contributed by atoms with Gasteiger partial charge in [-0.2, -0.15) is 0 Å². The Morgan fingerprint density at radius 3 is 2.08 bits per heavy atom. The van der Waals surface area contributed by atoms with E-state index >= 15 is 0 Å². The molecule has 0 atom stereocenters. The van der Waals surface area contributed by atoms with Gasteiger partial charge >= 0.3 is 0 Å². The summed E-state index contributed by atoms with van der Waals surface area (Å²) < 4.78 is 13.1. The third kappa shape index (κ3) is 5.21. The van der Waals surface area contributed by atoms with Crippen molar-refractivity contribution in [3.63, 3.8) is 0 Å². The smallest absolute Gasteiger partial charge is 0.162 e. The van der Waals surface area contributed by atoms with Crippen LogP contribution in [0.2, 0.25) is 0 Å². The van der Waals surface area contributed by atoms with Crippen LogP contribution in [0.1, 0.15) is 16.7 Å². The second-order valence-corrected chi connectivity index (χ2v) is 13.2. The molecule has 53 heavy (non-hydrogen) atoms. The summed E-state index contributed by atoms with van der Waals surface area (Å²) in [4.78, 5) is 15.1. The number of nitrogens with zero attached hydrogens (tertiary/aromatic N) is 3. The Morgan fingerprint density at radius 2 is 1.21 bits per heavy atom. The van der Waals surface area contributed by atoms with Crippen molar-refractivity contribution in [3.05, 3.63) is 180 Å². The van der Waals surface area contributed by atoms with Crippen molar-refractivity contribution in [1.29, 1.82) is 0 Å². The number of aliphatic imine (C=N–C) groups is 3. The van der Waals surface area contributed by atoms with Gasteiger partial charge in [-0.1, -0.05) is 127 Å². The highest BCUT2D eigenvalue weighted by Crippen LogP contribution is 2.43. The minimum atomic E-state index is 0.447. The maximum Gasteiger partial charge on any atom is 0.162 e. The molecule has 0 unspecified atom stereocenters. The number of hydrogen-bond donors (Lipinski definition) is 0. The van der Waals surface area contributed by atoms with E-state index in [2.05, 4.69) is 109 Å². The van der Waals surface area contributed by atoms with Crippen molar-refractivity contribution in [2.45, 2.75) is 6.54 Å². The number of fused-ring (bicyclic) bond motifs is 9. The van der Waals surface area contributed by atoms with E-state index in [0.29, 0.717) is 18.2 Å². The minimum absolute atomic E-state index is 0.447. The third-order valence-corrected chi connectivity index (χ3v) is 10.1. The zero-order valence-electron chi connectivity index (χ0n) is 28.7. The summed E-state index contributed by atoms with van der Waals surface area (Å²) in [7, 11) is 0. The van der Waals surface area contributed by atoms with Crippen molar-refractivity contribution in [3.8, 4) is 11.1 Å². The molecule has 0 spiro atoms. The van der Waals surface area contributed by atoms with Gasteiger partial charge in [0.1, 0.15) is 22.3 Å². The molecular weight excluding hydrogens is 651 g/mol. The Kier molecular flexibility index (Phi) is 7.29. The standard InChI is InChI=1S/C48H31N3O2/c1-49-48(51-47(33-14-3-2-4-15-33)50-29-30-22-23-31-12-5-6-16-34(31)28-30)45-37(26-27-42-44(45)38-18-9-10-20-40(38)52-42)36-19-11-21-41-43(36)39-25-24-32-13-7-8-17-35(32)46(39)53-41/h2-28H,1,29H2. The van der Waals surface area contributed by atoms with Gasteiger partial charge < -0.3 is 8.83 Å². The predicted octanol–water partition coefficient (Wildman–Crippen LogP) is 12.6.